The van der Waals surface area contributed by atoms with Crippen LogP contribution < -0.4 is 4.72 Å². The summed E-state index contributed by atoms with van der Waals surface area (Å²) in [6.07, 6.45) is 1.11. The fourth-order valence-corrected chi connectivity index (χ4v) is 2.92. The number of hydrogen-bond acceptors (Lipinski definition) is 5. The Balaban J connectivity index is 2.25. The van der Waals surface area contributed by atoms with Crippen molar-refractivity contribution in [3.63, 3.8) is 0 Å². The molecule has 6 nitrogen and oxygen atoms in total. The molecule has 0 radical (unpaired) electrons. The highest BCUT2D eigenvalue weighted by atomic mass is 32.2. The van der Waals surface area contributed by atoms with Crippen molar-refractivity contribution in [2.24, 2.45) is 0 Å². The highest BCUT2D eigenvalue weighted by molar-refractivity contribution is 7.89. The Morgan fingerprint density at radius 2 is 1.95 bits per heavy atom. The topological polar surface area (TPSA) is 103 Å². The van der Waals surface area contributed by atoms with Crippen molar-refractivity contribution in [3.8, 4) is 6.07 Å². The third-order valence-electron chi connectivity index (χ3n) is 2.84. The maximum atomic E-state index is 12.2. The van der Waals surface area contributed by atoms with Crippen LogP contribution in [0.15, 0.2) is 53.6 Å². The Hall–Kier alpha value is -2.27. The van der Waals surface area contributed by atoms with E-state index in [1.54, 1.807) is 30.3 Å². The molecular weight excluding hydrogens is 290 g/mol. The highest BCUT2D eigenvalue weighted by Gasteiger charge is 2.21. The maximum absolute atomic E-state index is 12.2. The van der Waals surface area contributed by atoms with Crippen LogP contribution in [0.5, 0.6) is 0 Å². The van der Waals surface area contributed by atoms with Crippen molar-refractivity contribution < 1.29 is 13.5 Å². The Kier molecular flexibility index (Phi) is 4.65. The van der Waals surface area contributed by atoms with Crippen LogP contribution in [-0.2, 0) is 10.0 Å². The molecule has 0 amide bonds. The van der Waals surface area contributed by atoms with Crippen molar-refractivity contribution in [3.05, 3.63) is 59.9 Å². The minimum absolute atomic E-state index is 0.0594. The summed E-state index contributed by atoms with van der Waals surface area (Å²) in [6, 6.07) is 12.5. The lowest BCUT2D eigenvalue weighted by Crippen LogP contribution is -2.31. The van der Waals surface area contributed by atoms with Gasteiger partial charge in [0.1, 0.15) is 16.7 Å². The van der Waals surface area contributed by atoms with Crippen molar-refractivity contribution in [1.82, 2.24) is 9.71 Å². The summed E-state index contributed by atoms with van der Waals surface area (Å²) >= 11 is 0. The van der Waals surface area contributed by atoms with Gasteiger partial charge in [0.25, 0.3) is 0 Å². The summed E-state index contributed by atoms with van der Waals surface area (Å²) in [5.41, 5.74) is 0.792. The van der Waals surface area contributed by atoms with Crippen LogP contribution in [0.25, 0.3) is 0 Å². The van der Waals surface area contributed by atoms with Crippen molar-refractivity contribution in [2.45, 2.75) is 10.9 Å². The molecule has 0 saturated heterocycles. The van der Waals surface area contributed by atoms with E-state index in [0.717, 1.165) is 6.20 Å². The van der Waals surface area contributed by atoms with Gasteiger partial charge in [-0.3, -0.25) is 0 Å². The quantitative estimate of drug-likeness (QED) is 0.856. The molecule has 1 atom stereocenters. The lowest BCUT2D eigenvalue weighted by molar-refractivity contribution is 0.259. The normalized spacial score (nSPS) is 12.6. The number of aliphatic hydroxyl groups is 1. The Bertz CT molecular complexity index is 737. The first-order valence-electron chi connectivity index (χ1n) is 6.11. The van der Waals surface area contributed by atoms with Gasteiger partial charge >= 0.3 is 0 Å². The smallest absolute Gasteiger partial charge is 0.242 e. The molecule has 2 aromatic rings. The number of nitriles is 1. The third-order valence-corrected chi connectivity index (χ3v) is 4.30. The number of benzene rings is 1. The second-order valence-electron chi connectivity index (χ2n) is 4.26. The van der Waals surface area contributed by atoms with E-state index in [1.807, 2.05) is 6.07 Å². The monoisotopic (exact) mass is 303 g/mol. The number of aliphatic hydroxyl groups excluding tert-OH is 1. The summed E-state index contributed by atoms with van der Waals surface area (Å²) in [6.45, 7) is -0.368. The van der Waals surface area contributed by atoms with Crippen LogP contribution >= 0.6 is 0 Å². The van der Waals surface area contributed by atoms with E-state index in [2.05, 4.69) is 9.71 Å². The second-order valence-corrected chi connectivity index (χ2v) is 5.97. The second kappa shape index (κ2) is 6.45. The first-order chi connectivity index (χ1) is 10.1. The van der Waals surface area contributed by atoms with E-state index in [4.69, 9.17) is 5.26 Å². The summed E-state index contributed by atoms with van der Waals surface area (Å²) in [7, 11) is -3.83. The maximum Gasteiger partial charge on any atom is 0.242 e. The SMILES string of the molecule is N#Cc1ccc(S(=O)(=O)N[C@@H](CO)c2ccccc2)cn1. The fourth-order valence-electron chi connectivity index (χ4n) is 1.76. The standard InChI is InChI=1S/C14H13N3O3S/c15-8-12-6-7-13(9-16-12)21(19,20)17-14(10-18)11-4-2-1-3-5-11/h1-7,9,14,17-18H,10H2/t14-/m0/s1. The molecule has 0 aliphatic rings. The minimum Gasteiger partial charge on any atom is -0.394 e. The number of hydrogen-bond donors (Lipinski definition) is 2. The first-order valence-corrected chi connectivity index (χ1v) is 7.59. The van der Waals surface area contributed by atoms with Gasteiger partial charge in [-0.05, 0) is 17.7 Å². The molecule has 1 heterocycles. The molecule has 7 heteroatoms. The van der Waals surface area contributed by atoms with E-state index >= 15 is 0 Å². The predicted molar refractivity (Wildman–Crippen MR) is 75.5 cm³/mol. The summed E-state index contributed by atoms with van der Waals surface area (Å²) in [5, 5.41) is 18.0. The van der Waals surface area contributed by atoms with Crippen molar-refractivity contribution in [1.29, 1.82) is 5.26 Å². The van der Waals surface area contributed by atoms with Gasteiger partial charge in [0.15, 0.2) is 0 Å². The summed E-state index contributed by atoms with van der Waals surface area (Å²) < 4.78 is 26.9. The van der Waals surface area contributed by atoms with Crippen LogP contribution in [-0.4, -0.2) is 25.1 Å². The molecule has 0 fully saturated rings. The van der Waals surface area contributed by atoms with Crippen LogP contribution in [0.2, 0.25) is 0 Å². The Morgan fingerprint density at radius 3 is 2.48 bits per heavy atom. The number of aromatic nitrogens is 1. The molecule has 0 aliphatic carbocycles. The molecule has 2 rings (SSSR count). The van der Waals surface area contributed by atoms with Gasteiger partial charge < -0.3 is 5.11 Å². The van der Waals surface area contributed by atoms with Gasteiger partial charge in [-0.25, -0.2) is 18.1 Å². The van der Waals surface area contributed by atoms with Crippen LogP contribution in [0.4, 0.5) is 0 Å². The molecule has 0 unspecified atom stereocenters. The molecule has 0 saturated carbocycles. The molecular formula is C14H13N3O3S. The van der Waals surface area contributed by atoms with Gasteiger partial charge in [-0.15, -0.1) is 0 Å². The minimum atomic E-state index is -3.83. The van der Waals surface area contributed by atoms with Gasteiger partial charge in [-0.1, -0.05) is 30.3 Å². The van der Waals surface area contributed by atoms with Gasteiger partial charge in [0, 0.05) is 6.20 Å². The van der Waals surface area contributed by atoms with Gasteiger partial charge in [0.2, 0.25) is 10.0 Å². The van der Waals surface area contributed by atoms with Crippen molar-refractivity contribution >= 4 is 10.0 Å². The molecule has 1 aromatic carbocycles. The third kappa shape index (κ3) is 3.64. The van der Waals surface area contributed by atoms with E-state index in [0.29, 0.717) is 5.56 Å². The van der Waals surface area contributed by atoms with Crippen LogP contribution in [0.3, 0.4) is 0 Å². The molecule has 1 aromatic heterocycles. The molecule has 2 N–H and O–H groups in total. The van der Waals surface area contributed by atoms with Crippen LogP contribution in [0.1, 0.15) is 17.3 Å². The van der Waals surface area contributed by atoms with Crippen molar-refractivity contribution in [2.75, 3.05) is 6.61 Å². The zero-order valence-corrected chi connectivity index (χ0v) is 11.8. The lowest BCUT2D eigenvalue weighted by Gasteiger charge is -2.16. The molecule has 0 bridgehead atoms. The van der Waals surface area contributed by atoms with Crippen LogP contribution in [0, 0.1) is 11.3 Å². The lowest BCUT2D eigenvalue weighted by atomic mass is 10.1. The number of nitrogens with zero attached hydrogens (tertiary/aromatic N) is 2. The highest BCUT2D eigenvalue weighted by Crippen LogP contribution is 2.16. The average Bonchev–Trinajstić information content (AvgIpc) is 2.53. The number of sulfonamides is 1. The average molecular weight is 303 g/mol. The number of rotatable bonds is 5. The molecule has 108 valence electrons. The summed E-state index contributed by atoms with van der Waals surface area (Å²) in [5.74, 6) is 0. The summed E-state index contributed by atoms with van der Waals surface area (Å²) in [4.78, 5) is 3.67. The van der Waals surface area contributed by atoms with E-state index in [9.17, 15) is 13.5 Å². The fraction of sp³-hybridized carbons (Fsp3) is 0.143. The van der Waals surface area contributed by atoms with E-state index in [1.165, 1.54) is 12.1 Å². The molecule has 21 heavy (non-hydrogen) atoms. The number of nitrogens with one attached hydrogen (secondary N) is 1. The Labute approximate surface area is 122 Å². The first kappa shape index (κ1) is 15.1. The molecule has 0 aliphatic heterocycles. The molecule has 0 spiro atoms. The van der Waals surface area contributed by atoms with Gasteiger partial charge in [-0.2, -0.15) is 5.26 Å². The predicted octanol–water partition coefficient (Wildman–Crippen LogP) is 0.965. The zero-order chi connectivity index (χ0) is 15.3. The largest absolute Gasteiger partial charge is 0.394 e. The zero-order valence-electron chi connectivity index (χ0n) is 11.0. The van der Waals surface area contributed by atoms with E-state index < -0.39 is 16.1 Å². The van der Waals surface area contributed by atoms with Gasteiger partial charge in [0.05, 0.1) is 12.6 Å². The number of pyridine rings is 1. The Morgan fingerprint density at radius 1 is 1.24 bits per heavy atom. The van der Waals surface area contributed by atoms with E-state index in [-0.39, 0.29) is 17.2 Å².